The number of hydrogen-bond acceptors (Lipinski definition) is 3. The quantitative estimate of drug-likeness (QED) is 0.899. The zero-order chi connectivity index (χ0) is 14.1. The Bertz CT molecular complexity index is 523. The Balaban J connectivity index is 1.72. The molecular weight excluding hydrogens is 261 g/mol. The Labute approximate surface area is 117 Å². The van der Waals surface area contributed by atoms with Gasteiger partial charge in [0.2, 0.25) is 0 Å². The summed E-state index contributed by atoms with van der Waals surface area (Å²) < 4.78 is 18.6. The molecule has 0 radical (unpaired) electrons. The number of rotatable bonds is 3. The molecule has 2 aliphatic rings. The lowest BCUT2D eigenvalue weighted by Gasteiger charge is -2.28. The summed E-state index contributed by atoms with van der Waals surface area (Å²) in [7, 11) is 1.44. The van der Waals surface area contributed by atoms with Crippen LogP contribution in [0.15, 0.2) is 18.2 Å². The highest BCUT2D eigenvalue weighted by atomic mass is 19.1. The summed E-state index contributed by atoms with van der Waals surface area (Å²) in [5.41, 5.74) is 0.782. The van der Waals surface area contributed by atoms with E-state index in [9.17, 15) is 9.18 Å². The van der Waals surface area contributed by atoms with Gasteiger partial charge in [0, 0.05) is 32.7 Å². The van der Waals surface area contributed by atoms with Gasteiger partial charge in [0.25, 0.3) is 0 Å². The molecule has 5 nitrogen and oxygen atoms in total. The summed E-state index contributed by atoms with van der Waals surface area (Å²) in [5.74, 6) is -0.167. The van der Waals surface area contributed by atoms with Crippen LogP contribution in [0.1, 0.15) is 5.56 Å². The molecule has 20 heavy (non-hydrogen) atoms. The molecule has 2 saturated heterocycles. The number of amides is 2. The van der Waals surface area contributed by atoms with Crippen molar-refractivity contribution >= 4 is 6.03 Å². The Morgan fingerprint density at radius 3 is 3.05 bits per heavy atom. The number of hydrogen-bond donors (Lipinski definition) is 1. The average molecular weight is 279 g/mol. The van der Waals surface area contributed by atoms with E-state index in [4.69, 9.17) is 4.74 Å². The van der Waals surface area contributed by atoms with Crippen molar-refractivity contribution in [1.29, 1.82) is 0 Å². The molecule has 1 aromatic carbocycles. The number of urea groups is 1. The van der Waals surface area contributed by atoms with E-state index in [1.165, 1.54) is 13.2 Å². The van der Waals surface area contributed by atoms with Gasteiger partial charge in [-0.1, -0.05) is 6.07 Å². The maximum absolute atomic E-state index is 13.7. The number of ether oxygens (including phenoxy) is 1. The third kappa shape index (κ3) is 2.31. The second-order valence-corrected chi connectivity index (χ2v) is 5.18. The highest BCUT2D eigenvalue weighted by Gasteiger charge is 2.38. The molecule has 108 valence electrons. The van der Waals surface area contributed by atoms with Crippen LogP contribution in [0.4, 0.5) is 9.18 Å². The van der Waals surface area contributed by atoms with Crippen molar-refractivity contribution in [1.82, 2.24) is 15.1 Å². The number of fused-ring (bicyclic) bond motifs is 1. The monoisotopic (exact) mass is 279 g/mol. The summed E-state index contributed by atoms with van der Waals surface area (Å²) in [6, 6.07) is 5.11. The second-order valence-electron chi connectivity index (χ2n) is 5.18. The predicted molar refractivity (Wildman–Crippen MR) is 72.1 cm³/mol. The highest BCUT2D eigenvalue weighted by molar-refractivity contribution is 5.77. The fourth-order valence-electron chi connectivity index (χ4n) is 2.85. The lowest BCUT2D eigenvalue weighted by Crippen LogP contribution is -2.49. The molecular formula is C14H18FN3O2. The van der Waals surface area contributed by atoms with Gasteiger partial charge in [-0.25, -0.2) is 9.18 Å². The lowest BCUT2D eigenvalue weighted by molar-refractivity contribution is 0.178. The first-order valence-electron chi connectivity index (χ1n) is 6.77. The standard InChI is InChI=1S/C14H18FN3O2/c1-20-13-3-2-10(6-12(13)15)8-17-9-11-7-16-4-5-18(11)14(17)19/h2-3,6,11,16H,4-5,7-9H2,1H3. The maximum atomic E-state index is 13.7. The van der Waals surface area contributed by atoms with Crippen LogP contribution in [-0.4, -0.2) is 55.2 Å². The summed E-state index contributed by atoms with van der Waals surface area (Å²) >= 11 is 0. The van der Waals surface area contributed by atoms with Gasteiger partial charge >= 0.3 is 6.03 Å². The smallest absolute Gasteiger partial charge is 0.320 e. The molecule has 0 aromatic heterocycles. The Kier molecular flexibility index (Phi) is 3.48. The largest absolute Gasteiger partial charge is 0.494 e. The number of methoxy groups -OCH3 is 1. The van der Waals surface area contributed by atoms with Crippen molar-refractivity contribution in [3.8, 4) is 5.75 Å². The molecule has 0 spiro atoms. The Morgan fingerprint density at radius 1 is 1.50 bits per heavy atom. The van der Waals surface area contributed by atoms with Gasteiger partial charge < -0.3 is 19.9 Å². The topological polar surface area (TPSA) is 44.8 Å². The van der Waals surface area contributed by atoms with Crippen LogP contribution < -0.4 is 10.1 Å². The minimum atomic E-state index is -0.393. The van der Waals surface area contributed by atoms with Crippen LogP contribution in [0.3, 0.4) is 0 Å². The first-order chi connectivity index (χ1) is 9.69. The normalized spacial score (nSPS) is 22.1. The van der Waals surface area contributed by atoms with Gasteiger partial charge in [0.1, 0.15) is 0 Å². The van der Waals surface area contributed by atoms with E-state index >= 15 is 0 Å². The van der Waals surface area contributed by atoms with Crippen molar-refractivity contribution in [2.24, 2.45) is 0 Å². The molecule has 2 heterocycles. The van der Waals surface area contributed by atoms with E-state index < -0.39 is 5.82 Å². The number of carbonyl (C=O) groups excluding carboxylic acids is 1. The molecule has 2 fully saturated rings. The SMILES string of the molecule is COc1ccc(CN2CC3CNCCN3C2=O)cc1F. The third-order valence-corrected chi connectivity index (χ3v) is 3.89. The van der Waals surface area contributed by atoms with Crippen molar-refractivity contribution in [2.45, 2.75) is 12.6 Å². The number of halogens is 1. The summed E-state index contributed by atoms with van der Waals surface area (Å²) in [5, 5.41) is 3.29. The number of nitrogens with zero attached hydrogens (tertiary/aromatic N) is 2. The second kappa shape index (κ2) is 5.28. The van der Waals surface area contributed by atoms with Gasteiger partial charge in [-0.05, 0) is 17.7 Å². The Morgan fingerprint density at radius 2 is 2.35 bits per heavy atom. The first kappa shape index (κ1) is 13.2. The maximum Gasteiger partial charge on any atom is 0.320 e. The van der Waals surface area contributed by atoms with Crippen LogP contribution in [0, 0.1) is 5.82 Å². The van der Waals surface area contributed by atoms with E-state index in [1.54, 1.807) is 17.0 Å². The molecule has 1 unspecified atom stereocenters. The summed E-state index contributed by atoms with van der Waals surface area (Å²) in [4.78, 5) is 15.9. The van der Waals surface area contributed by atoms with Gasteiger partial charge in [-0.15, -0.1) is 0 Å². The lowest BCUT2D eigenvalue weighted by atomic mass is 10.2. The fraction of sp³-hybridized carbons (Fsp3) is 0.500. The summed E-state index contributed by atoms with van der Waals surface area (Å²) in [6.07, 6.45) is 0. The number of benzene rings is 1. The molecule has 6 heteroatoms. The van der Waals surface area contributed by atoms with Gasteiger partial charge in [-0.2, -0.15) is 0 Å². The summed E-state index contributed by atoms with van der Waals surface area (Å²) in [6.45, 7) is 3.55. The Hall–Kier alpha value is -1.82. The molecule has 0 aliphatic carbocycles. The zero-order valence-electron chi connectivity index (χ0n) is 11.4. The minimum Gasteiger partial charge on any atom is -0.494 e. The van der Waals surface area contributed by atoms with Crippen LogP contribution >= 0.6 is 0 Å². The molecule has 1 N–H and O–H groups in total. The van der Waals surface area contributed by atoms with E-state index in [-0.39, 0.29) is 17.8 Å². The average Bonchev–Trinajstić information content (AvgIpc) is 2.76. The van der Waals surface area contributed by atoms with Crippen LogP contribution in [-0.2, 0) is 6.54 Å². The fourth-order valence-corrected chi connectivity index (χ4v) is 2.85. The van der Waals surface area contributed by atoms with Crippen LogP contribution in [0.2, 0.25) is 0 Å². The molecule has 2 amide bonds. The molecule has 0 bridgehead atoms. The number of carbonyl (C=O) groups is 1. The van der Waals surface area contributed by atoms with Gasteiger partial charge in [0.15, 0.2) is 11.6 Å². The van der Waals surface area contributed by atoms with Gasteiger partial charge in [0.05, 0.1) is 13.2 Å². The van der Waals surface area contributed by atoms with Crippen molar-refractivity contribution in [3.05, 3.63) is 29.6 Å². The molecule has 1 atom stereocenters. The van der Waals surface area contributed by atoms with E-state index in [0.29, 0.717) is 13.1 Å². The van der Waals surface area contributed by atoms with Crippen molar-refractivity contribution < 1.29 is 13.9 Å². The molecule has 0 saturated carbocycles. The van der Waals surface area contributed by atoms with Crippen molar-refractivity contribution in [3.63, 3.8) is 0 Å². The van der Waals surface area contributed by atoms with E-state index in [0.717, 1.165) is 25.2 Å². The van der Waals surface area contributed by atoms with Crippen LogP contribution in [0.5, 0.6) is 5.75 Å². The van der Waals surface area contributed by atoms with Crippen LogP contribution in [0.25, 0.3) is 0 Å². The van der Waals surface area contributed by atoms with Crippen molar-refractivity contribution in [2.75, 3.05) is 33.3 Å². The molecule has 1 aromatic rings. The third-order valence-electron chi connectivity index (χ3n) is 3.89. The first-order valence-corrected chi connectivity index (χ1v) is 6.77. The van der Waals surface area contributed by atoms with E-state index in [1.807, 2.05) is 4.90 Å². The highest BCUT2D eigenvalue weighted by Crippen LogP contribution is 2.22. The van der Waals surface area contributed by atoms with E-state index in [2.05, 4.69) is 5.32 Å². The predicted octanol–water partition coefficient (Wildman–Crippen LogP) is 1.04. The molecule has 3 rings (SSSR count). The number of piperazine rings is 1. The van der Waals surface area contributed by atoms with Gasteiger partial charge in [-0.3, -0.25) is 0 Å². The zero-order valence-corrected chi connectivity index (χ0v) is 11.4. The minimum absolute atomic E-state index is 0.0488. The molecule has 2 aliphatic heterocycles. The number of nitrogens with one attached hydrogen (secondary N) is 1.